The van der Waals surface area contributed by atoms with Gasteiger partial charge < -0.3 is 9.31 Å². The second-order valence-corrected chi connectivity index (χ2v) is 6.95. The molecule has 0 radical (unpaired) electrons. The molecule has 22 heavy (non-hydrogen) atoms. The van der Waals surface area contributed by atoms with Gasteiger partial charge in [0.25, 0.3) is 0 Å². The first kappa shape index (κ1) is 15.5. The summed E-state index contributed by atoms with van der Waals surface area (Å²) in [7, 11) is -0.440. The summed E-state index contributed by atoms with van der Waals surface area (Å²) in [4.78, 5) is 4.50. The van der Waals surface area contributed by atoms with Crippen molar-refractivity contribution in [3.05, 3.63) is 47.6 Å². The molecule has 3 nitrogen and oxygen atoms in total. The van der Waals surface area contributed by atoms with Gasteiger partial charge in [0.05, 0.1) is 16.8 Å². The predicted molar refractivity (Wildman–Crippen MR) is 90.4 cm³/mol. The van der Waals surface area contributed by atoms with E-state index in [4.69, 9.17) is 20.9 Å². The van der Waals surface area contributed by atoms with E-state index in [1.54, 1.807) is 0 Å². The average molecular weight is 316 g/mol. The van der Waals surface area contributed by atoms with Crippen LogP contribution in [0.1, 0.15) is 27.7 Å². The van der Waals surface area contributed by atoms with Crippen molar-refractivity contribution in [3.63, 3.8) is 0 Å². The molecule has 114 valence electrons. The Balaban J connectivity index is 1.86. The van der Waals surface area contributed by atoms with Crippen LogP contribution in [0.5, 0.6) is 0 Å². The number of benzene rings is 1. The van der Waals surface area contributed by atoms with Crippen molar-refractivity contribution in [1.82, 2.24) is 4.98 Å². The number of pyridine rings is 1. The first-order valence-electron chi connectivity index (χ1n) is 7.37. The number of halogens is 1. The lowest BCUT2D eigenvalue weighted by Gasteiger charge is -2.32. The number of hydrogen-bond donors (Lipinski definition) is 0. The van der Waals surface area contributed by atoms with Gasteiger partial charge in [0.1, 0.15) is 0 Å². The summed E-state index contributed by atoms with van der Waals surface area (Å²) >= 11 is 6.22. The zero-order valence-electron chi connectivity index (χ0n) is 13.3. The zero-order valence-corrected chi connectivity index (χ0v) is 14.0. The van der Waals surface area contributed by atoms with Gasteiger partial charge in [-0.25, -0.2) is 0 Å². The summed E-state index contributed by atoms with van der Waals surface area (Å²) in [6, 6.07) is 11.7. The fourth-order valence-corrected chi connectivity index (χ4v) is 2.61. The SMILES string of the molecule is CC1(C)OB(c2ccc(-c3ccccc3Cl)cn2)OC1(C)C. The summed E-state index contributed by atoms with van der Waals surface area (Å²) in [6.45, 7) is 8.13. The zero-order chi connectivity index (χ0) is 16.0. The number of aromatic nitrogens is 1. The molecular formula is C17H19BClNO2. The van der Waals surface area contributed by atoms with Crippen LogP contribution in [-0.2, 0) is 9.31 Å². The normalized spacial score (nSPS) is 19.4. The molecule has 0 saturated carbocycles. The van der Waals surface area contributed by atoms with Crippen LogP contribution < -0.4 is 5.59 Å². The molecule has 0 atom stereocenters. The summed E-state index contributed by atoms with van der Waals surface area (Å²) in [5.74, 6) is 0. The molecule has 1 aromatic carbocycles. The highest BCUT2D eigenvalue weighted by molar-refractivity contribution is 6.61. The summed E-state index contributed by atoms with van der Waals surface area (Å²) in [6.07, 6.45) is 1.81. The Labute approximate surface area is 136 Å². The van der Waals surface area contributed by atoms with Crippen LogP contribution in [0.4, 0.5) is 0 Å². The predicted octanol–water partition coefficient (Wildman–Crippen LogP) is 3.70. The second-order valence-electron chi connectivity index (χ2n) is 6.54. The topological polar surface area (TPSA) is 31.4 Å². The standard InChI is InChI=1S/C17H19BClNO2/c1-16(2)17(3,4)22-18(21-16)15-10-9-12(11-20-15)13-7-5-6-8-14(13)19/h5-11H,1-4H3. The fourth-order valence-electron chi connectivity index (χ4n) is 2.36. The second kappa shape index (κ2) is 5.37. The number of nitrogens with zero attached hydrogens (tertiary/aromatic N) is 1. The highest BCUT2D eigenvalue weighted by Crippen LogP contribution is 2.36. The monoisotopic (exact) mass is 315 g/mol. The Hall–Kier alpha value is -1.36. The minimum atomic E-state index is -0.440. The molecule has 0 spiro atoms. The molecule has 1 aliphatic heterocycles. The molecule has 0 N–H and O–H groups in total. The molecule has 0 aliphatic carbocycles. The minimum Gasteiger partial charge on any atom is -0.398 e. The quantitative estimate of drug-likeness (QED) is 0.792. The van der Waals surface area contributed by atoms with Gasteiger partial charge in [0.15, 0.2) is 0 Å². The summed E-state index contributed by atoms with van der Waals surface area (Å²) in [5, 5.41) is 0.715. The van der Waals surface area contributed by atoms with Crippen molar-refractivity contribution in [2.45, 2.75) is 38.9 Å². The number of hydrogen-bond acceptors (Lipinski definition) is 3. The third-order valence-electron chi connectivity index (χ3n) is 4.47. The molecule has 2 aromatic rings. The van der Waals surface area contributed by atoms with Gasteiger partial charge in [0, 0.05) is 22.3 Å². The van der Waals surface area contributed by atoms with E-state index in [2.05, 4.69) is 4.98 Å². The molecule has 2 heterocycles. The first-order valence-corrected chi connectivity index (χ1v) is 7.74. The van der Waals surface area contributed by atoms with Crippen molar-refractivity contribution < 1.29 is 9.31 Å². The van der Waals surface area contributed by atoms with Gasteiger partial charge in [-0.1, -0.05) is 35.9 Å². The lowest BCUT2D eigenvalue weighted by atomic mass is 9.84. The third-order valence-corrected chi connectivity index (χ3v) is 4.80. The molecule has 0 bridgehead atoms. The van der Waals surface area contributed by atoms with E-state index >= 15 is 0 Å². The van der Waals surface area contributed by atoms with Crippen molar-refractivity contribution >= 4 is 24.3 Å². The Kier molecular flexibility index (Phi) is 3.80. The lowest BCUT2D eigenvalue weighted by Crippen LogP contribution is -2.41. The molecule has 1 saturated heterocycles. The van der Waals surface area contributed by atoms with Crippen molar-refractivity contribution in [3.8, 4) is 11.1 Å². The van der Waals surface area contributed by atoms with E-state index in [1.807, 2.05) is 70.3 Å². The Morgan fingerprint density at radius 1 is 0.955 bits per heavy atom. The molecule has 0 amide bonds. The Bertz CT molecular complexity index is 669. The molecule has 1 aromatic heterocycles. The largest absolute Gasteiger partial charge is 0.514 e. The van der Waals surface area contributed by atoms with Gasteiger partial charge in [-0.05, 0) is 39.8 Å². The van der Waals surface area contributed by atoms with Gasteiger partial charge in [-0.3, -0.25) is 4.98 Å². The molecular weight excluding hydrogens is 296 g/mol. The van der Waals surface area contributed by atoms with Crippen LogP contribution in [0.25, 0.3) is 11.1 Å². The third kappa shape index (κ3) is 2.67. The van der Waals surface area contributed by atoms with Gasteiger partial charge >= 0.3 is 7.12 Å². The van der Waals surface area contributed by atoms with E-state index in [0.717, 1.165) is 16.7 Å². The smallest absolute Gasteiger partial charge is 0.398 e. The van der Waals surface area contributed by atoms with Crippen molar-refractivity contribution in [2.24, 2.45) is 0 Å². The molecule has 5 heteroatoms. The van der Waals surface area contributed by atoms with Crippen molar-refractivity contribution in [2.75, 3.05) is 0 Å². The lowest BCUT2D eigenvalue weighted by molar-refractivity contribution is 0.00578. The van der Waals surface area contributed by atoms with E-state index < -0.39 is 7.12 Å². The van der Waals surface area contributed by atoms with Crippen LogP contribution >= 0.6 is 11.6 Å². The van der Waals surface area contributed by atoms with E-state index in [9.17, 15) is 0 Å². The van der Waals surface area contributed by atoms with Crippen LogP contribution in [-0.4, -0.2) is 23.3 Å². The maximum Gasteiger partial charge on any atom is 0.514 e. The van der Waals surface area contributed by atoms with E-state index in [-0.39, 0.29) is 11.2 Å². The van der Waals surface area contributed by atoms with Crippen LogP contribution in [0.15, 0.2) is 42.6 Å². The highest BCUT2D eigenvalue weighted by Gasteiger charge is 2.52. The first-order chi connectivity index (χ1) is 10.3. The van der Waals surface area contributed by atoms with E-state index in [0.29, 0.717) is 5.02 Å². The van der Waals surface area contributed by atoms with Gasteiger partial charge in [0.2, 0.25) is 0 Å². The van der Waals surface area contributed by atoms with E-state index in [1.165, 1.54) is 0 Å². The summed E-state index contributed by atoms with van der Waals surface area (Å²) < 4.78 is 12.0. The molecule has 1 fully saturated rings. The molecule has 3 rings (SSSR count). The molecule has 0 unspecified atom stereocenters. The van der Waals surface area contributed by atoms with Crippen molar-refractivity contribution in [1.29, 1.82) is 0 Å². The molecule has 1 aliphatic rings. The Morgan fingerprint density at radius 3 is 2.14 bits per heavy atom. The highest BCUT2D eigenvalue weighted by atomic mass is 35.5. The van der Waals surface area contributed by atoms with Crippen LogP contribution in [0.2, 0.25) is 5.02 Å². The number of rotatable bonds is 2. The van der Waals surface area contributed by atoms with Gasteiger partial charge in [-0.2, -0.15) is 0 Å². The van der Waals surface area contributed by atoms with Crippen LogP contribution in [0, 0.1) is 0 Å². The Morgan fingerprint density at radius 2 is 1.59 bits per heavy atom. The fraction of sp³-hybridized carbons (Fsp3) is 0.353. The van der Waals surface area contributed by atoms with Gasteiger partial charge in [-0.15, -0.1) is 0 Å². The minimum absolute atomic E-state index is 0.360. The summed E-state index contributed by atoms with van der Waals surface area (Å²) in [5.41, 5.74) is 2.00. The maximum atomic E-state index is 6.22. The average Bonchev–Trinajstić information content (AvgIpc) is 2.68. The maximum absolute atomic E-state index is 6.22. The van der Waals surface area contributed by atoms with Crippen LogP contribution in [0.3, 0.4) is 0 Å².